The molecule has 0 spiro atoms. The summed E-state index contributed by atoms with van der Waals surface area (Å²) in [6.07, 6.45) is -0.619. The van der Waals surface area contributed by atoms with E-state index in [-0.39, 0.29) is 48.6 Å². The van der Waals surface area contributed by atoms with Gasteiger partial charge in [0.1, 0.15) is 0 Å². The van der Waals surface area contributed by atoms with Gasteiger partial charge in [-0.2, -0.15) is 0 Å². The first-order valence-corrected chi connectivity index (χ1v) is 20.0. The van der Waals surface area contributed by atoms with Crippen LogP contribution in [0.3, 0.4) is 0 Å². The van der Waals surface area contributed by atoms with E-state index < -0.39 is 14.1 Å². The van der Waals surface area contributed by atoms with Gasteiger partial charge in [-0.3, -0.25) is 0 Å². The molecule has 4 nitrogen and oxygen atoms in total. The predicted molar refractivity (Wildman–Crippen MR) is 184 cm³/mol. The average molecular weight is 690 g/mol. The van der Waals surface area contributed by atoms with Gasteiger partial charge in [0.15, 0.2) is 0 Å². The van der Waals surface area contributed by atoms with E-state index in [0.717, 1.165) is 0 Å². The molecule has 4 aromatic rings. The fourth-order valence-electron chi connectivity index (χ4n) is 6.45. The molecule has 2 aliphatic rings. The second kappa shape index (κ2) is 13.3. The van der Waals surface area contributed by atoms with Crippen molar-refractivity contribution in [3.63, 3.8) is 0 Å². The molecular formula is C37H42O4SSeSi. The second-order valence-corrected chi connectivity index (χ2v) is 21.0. The summed E-state index contributed by atoms with van der Waals surface area (Å²) in [6, 6.07) is 42.9. The van der Waals surface area contributed by atoms with Crippen molar-refractivity contribution in [2.24, 2.45) is 0 Å². The summed E-state index contributed by atoms with van der Waals surface area (Å²) < 4.78 is 29.3. The van der Waals surface area contributed by atoms with Gasteiger partial charge in [0.05, 0.1) is 0 Å². The molecular weight excluding hydrogens is 648 g/mol. The molecule has 6 rings (SSSR count). The number of hydrogen-bond donors (Lipinski definition) is 0. The van der Waals surface area contributed by atoms with E-state index in [0.29, 0.717) is 6.61 Å². The molecule has 44 heavy (non-hydrogen) atoms. The van der Waals surface area contributed by atoms with Gasteiger partial charge in [0, 0.05) is 0 Å². The molecule has 2 aliphatic heterocycles. The van der Waals surface area contributed by atoms with E-state index in [2.05, 4.69) is 142 Å². The van der Waals surface area contributed by atoms with Crippen LogP contribution in [0, 0.1) is 0 Å². The molecule has 4 aromatic carbocycles. The van der Waals surface area contributed by atoms with Crippen LogP contribution in [0.1, 0.15) is 34.6 Å². The maximum atomic E-state index is 7.41. The Balaban J connectivity index is 1.37. The summed E-state index contributed by atoms with van der Waals surface area (Å²) in [4.78, 5) is 1.35. The fourth-order valence-corrected chi connectivity index (χ4v) is 15.1. The molecule has 0 unspecified atom stereocenters. The van der Waals surface area contributed by atoms with Crippen molar-refractivity contribution < 1.29 is 18.6 Å². The summed E-state index contributed by atoms with van der Waals surface area (Å²) in [5.41, 5.74) is -0.107. The average Bonchev–Trinajstić information content (AvgIpc) is 3.36. The van der Waals surface area contributed by atoms with Crippen LogP contribution in [0.25, 0.3) is 0 Å². The van der Waals surface area contributed by atoms with Crippen molar-refractivity contribution in [3.8, 4) is 0 Å². The molecule has 2 saturated heterocycles. The predicted octanol–water partition coefficient (Wildman–Crippen LogP) is 6.42. The Kier molecular flexibility index (Phi) is 9.58. The van der Waals surface area contributed by atoms with Gasteiger partial charge >= 0.3 is 275 Å². The van der Waals surface area contributed by atoms with Crippen LogP contribution >= 0.6 is 11.8 Å². The first-order chi connectivity index (χ1) is 21.2. The Hall–Kier alpha value is -2.19. The quantitative estimate of drug-likeness (QED) is 0.190. The molecule has 0 aromatic heterocycles. The maximum absolute atomic E-state index is 7.41. The zero-order valence-electron chi connectivity index (χ0n) is 26.1. The zero-order valence-corrected chi connectivity index (χ0v) is 29.6. The minimum atomic E-state index is -2.77. The van der Waals surface area contributed by atoms with Crippen molar-refractivity contribution in [1.82, 2.24) is 0 Å². The SMILES string of the molecule is CC1(C)O[C@@H]2[C@H](O1)[C@H]([Se]c1ccccc1)[C@@H](Sc1ccccc1)O[C@@H]2CO[Si](c1ccccc1)(c1ccccc1)C(C)(C)C. The molecule has 0 bridgehead atoms. The van der Waals surface area contributed by atoms with E-state index >= 15 is 0 Å². The molecule has 0 amide bonds. The first-order valence-electron chi connectivity index (χ1n) is 15.4. The topological polar surface area (TPSA) is 36.9 Å². The third kappa shape index (κ3) is 6.67. The van der Waals surface area contributed by atoms with E-state index in [1.54, 1.807) is 11.8 Å². The van der Waals surface area contributed by atoms with Crippen LogP contribution in [0.4, 0.5) is 0 Å². The van der Waals surface area contributed by atoms with Crippen molar-refractivity contribution >= 4 is 49.9 Å². The second-order valence-electron chi connectivity index (χ2n) is 12.9. The number of hydrogen-bond acceptors (Lipinski definition) is 5. The van der Waals surface area contributed by atoms with E-state index in [1.807, 2.05) is 13.8 Å². The van der Waals surface area contributed by atoms with Gasteiger partial charge in [-0.05, 0) is 0 Å². The fraction of sp³-hybridized carbons (Fsp3) is 0.351. The van der Waals surface area contributed by atoms with Crippen molar-refractivity contribution in [1.29, 1.82) is 0 Å². The Morgan fingerprint density at radius 3 is 1.77 bits per heavy atom. The number of fused-ring (bicyclic) bond motifs is 1. The van der Waals surface area contributed by atoms with Crippen molar-refractivity contribution in [2.75, 3.05) is 6.61 Å². The van der Waals surface area contributed by atoms with Crippen LogP contribution in [0.2, 0.25) is 9.85 Å². The normalized spacial score (nSPS) is 25.0. The summed E-state index contributed by atoms with van der Waals surface area (Å²) in [6.45, 7) is 11.4. The van der Waals surface area contributed by atoms with Gasteiger partial charge in [-0.15, -0.1) is 0 Å². The van der Waals surface area contributed by atoms with Crippen LogP contribution in [0.15, 0.2) is 126 Å². The molecule has 7 heteroatoms. The van der Waals surface area contributed by atoms with Crippen molar-refractivity contribution in [3.05, 3.63) is 121 Å². The molecule has 0 N–H and O–H groups in total. The minimum absolute atomic E-state index is 0.104. The Labute approximate surface area is 274 Å². The van der Waals surface area contributed by atoms with Crippen LogP contribution in [-0.2, 0) is 18.6 Å². The van der Waals surface area contributed by atoms with Crippen LogP contribution in [-0.4, -0.2) is 59.4 Å². The van der Waals surface area contributed by atoms with Gasteiger partial charge in [-0.25, -0.2) is 0 Å². The van der Waals surface area contributed by atoms with Crippen LogP contribution < -0.4 is 14.8 Å². The standard InChI is InChI=1S/C37H42O4SSeSi/c1-36(2,3)44(29-22-14-8-15-23-29,30-24-16-9-17-25-30)38-26-31-32-33(41-37(4,5)40-32)34(43-28-20-12-7-13-21-28)35(39-31)42-27-18-10-6-11-19-27/h6-25,31-35H,26H2,1-5H3/t31-,32+,33+,34+,35-/m1/s1. The molecule has 2 heterocycles. The molecule has 5 atom stereocenters. The number of thioether (sulfide) groups is 1. The van der Waals surface area contributed by atoms with Gasteiger partial charge in [-0.1, -0.05) is 0 Å². The Bertz CT molecular complexity index is 1440. The summed E-state index contributed by atoms with van der Waals surface area (Å²) in [5, 5.41) is 2.39. The van der Waals surface area contributed by atoms with Gasteiger partial charge in [0.25, 0.3) is 0 Å². The van der Waals surface area contributed by atoms with E-state index in [4.69, 9.17) is 18.6 Å². The monoisotopic (exact) mass is 690 g/mol. The summed E-state index contributed by atoms with van der Waals surface area (Å²) in [7, 11) is -2.77. The zero-order chi connectivity index (χ0) is 30.8. The number of benzene rings is 4. The number of rotatable bonds is 9. The van der Waals surface area contributed by atoms with Gasteiger partial charge in [0.2, 0.25) is 0 Å². The van der Waals surface area contributed by atoms with E-state index in [1.165, 1.54) is 19.7 Å². The third-order valence-electron chi connectivity index (χ3n) is 8.32. The van der Waals surface area contributed by atoms with Crippen molar-refractivity contribution in [2.45, 2.75) is 78.9 Å². The number of ether oxygens (including phenoxy) is 3. The molecule has 2 fully saturated rings. The summed E-state index contributed by atoms with van der Waals surface area (Å²) >= 11 is 1.91. The van der Waals surface area contributed by atoms with E-state index in [9.17, 15) is 0 Å². The molecule has 0 saturated carbocycles. The Morgan fingerprint density at radius 1 is 0.727 bits per heavy atom. The molecule has 230 valence electrons. The summed E-state index contributed by atoms with van der Waals surface area (Å²) in [5.74, 6) is -0.703. The Morgan fingerprint density at radius 2 is 1.23 bits per heavy atom. The molecule has 0 aliphatic carbocycles. The van der Waals surface area contributed by atoms with Crippen LogP contribution in [0.5, 0.6) is 0 Å². The molecule has 0 radical (unpaired) electrons. The third-order valence-corrected chi connectivity index (χ3v) is 17.7. The first kappa shape index (κ1) is 31.8. The van der Waals surface area contributed by atoms with Gasteiger partial charge < -0.3 is 0 Å².